The Morgan fingerprint density at radius 2 is 2.00 bits per heavy atom. The number of amides is 1. The van der Waals surface area contributed by atoms with E-state index >= 15 is 0 Å². The molecule has 0 radical (unpaired) electrons. The van der Waals surface area contributed by atoms with Crippen molar-refractivity contribution in [1.29, 1.82) is 0 Å². The van der Waals surface area contributed by atoms with Crippen molar-refractivity contribution in [3.8, 4) is 5.75 Å². The maximum absolute atomic E-state index is 12.4. The Morgan fingerprint density at radius 1 is 1.32 bits per heavy atom. The van der Waals surface area contributed by atoms with Crippen LogP contribution in [0.4, 0.5) is 0 Å². The zero-order valence-corrected chi connectivity index (χ0v) is 14.1. The predicted molar refractivity (Wildman–Crippen MR) is 88.6 cm³/mol. The fraction of sp³-hybridized carbons (Fsp3) is 0.647. The smallest absolute Gasteiger partial charge is 0.271 e. The van der Waals surface area contributed by atoms with E-state index in [0.717, 1.165) is 32.1 Å². The zero-order chi connectivity index (χ0) is 16.7. The van der Waals surface area contributed by atoms with Crippen LogP contribution >= 0.6 is 0 Å². The third-order valence-electron chi connectivity index (χ3n) is 3.98. The molecule has 0 aliphatic carbocycles. The number of unbranched alkanes of at least 4 members (excludes halogenated alkanes) is 3. The molecule has 0 fully saturated rings. The SMILES string of the molecule is CCCCCCNC(=O)c1c(O)c(=O)cc(C)n1C(C)CC. The number of rotatable bonds is 8. The lowest BCUT2D eigenvalue weighted by Crippen LogP contribution is -2.31. The Morgan fingerprint density at radius 3 is 2.59 bits per heavy atom. The Balaban J connectivity index is 3.00. The molecule has 22 heavy (non-hydrogen) atoms. The Kier molecular flexibility index (Phi) is 7.15. The van der Waals surface area contributed by atoms with E-state index in [0.29, 0.717) is 12.2 Å². The molecule has 1 atom stereocenters. The first-order valence-corrected chi connectivity index (χ1v) is 8.17. The van der Waals surface area contributed by atoms with E-state index in [-0.39, 0.29) is 17.6 Å². The summed E-state index contributed by atoms with van der Waals surface area (Å²) < 4.78 is 1.75. The minimum atomic E-state index is -0.506. The number of nitrogens with zero attached hydrogens (tertiary/aromatic N) is 1. The second-order valence-corrected chi connectivity index (χ2v) is 5.79. The molecule has 1 aromatic rings. The van der Waals surface area contributed by atoms with Crippen LogP contribution in [0.15, 0.2) is 10.9 Å². The molecule has 0 saturated carbocycles. The second-order valence-electron chi connectivity index (χ2n) is 5.79. The van der Waals surface area contributed by atoms with Crippen LogP contribution in [0.25, 0.3) is 0 Å². The highest BCUT2D eigenvalue weighted by Gasteiger charge is 2.22. The number of hydrogen-bond donors (Lipinski definition) is 2. The van der Waals surface area contributed by atoms with Gasteiger partial charge in [-0.15, -0.1) is 0 Å². The van der Waals surface area contributed by atoms with Crippen molar-refractivity contribution in [1.82, 2.24) is 9.88 Å². The normalized spacial score (nSPS) is 12.2. The van der Waals surface area contributed by atoms with E-state index in [1.165, 1.54) is 6.07 Å². The van der Waals surface area contributed by atoms with Gasteiger partial charge in [-0.05, 0) is 26.7 Å². The van der Waals surface area contributed by atoms with Gasteiger partial charge in [0.1, 0.15) is 0 Å². The van der Waals surface area contributed by atoms with Crippen molar-refractivity contribution in [3.05, 3.63) is 27.7 Å². The van der Waals surface area contributed by atoms with Crippen LogP contribution in [0.3, 0.4) is 0 Å². The summed E-state index contributed by atoms with van der Waals surface area (Å²) in [4.78, 5) is 24.2. The quantitative estimate of drug-likeness (QED) is 0.725. The number of pyridine rings is 1. The summed E-state index contributed by atoms with van der Waals surface area (Å²) in [6, 6.07) is 1.41. The summed E-state index contributed by atoms with van der Waals surface area (Å²) in [5.74, 6) is -0.841. The largest absolute Gasteiger partial charge is 0.503 e. The van der Waals surface area contributed by atoms with Crippen molar-refractivity contribution in [2.24, 2.45) is 0 Å². The molecule has 1 unspecified atom stereocenters. The Labute approximate surface area is 132 Å². The fourth-order valence-corrected chi connectivity index (χ4v) is 2.54. The lowest BCUT2D eigenvalue weighted by Gasteiger charge is -2.22. The average Bonchev–Trinajstić information content (AvgIpc) is 2.49. The lowest BCUT2D eigenvalue weighted by molar-refractivity contribution is 0.0936. The highest BCUT2D eigenvalue weighted by atomic mass is 16.3. The molecule has 5 nitrogen and oxygen atoms in total. The summed E-state index contributed by atoms with van der Waals surface area (Å²) in [6.07, 6.45) is 5.05. The molecule has 1 aromatic heterocycles. The van der Waals surface area contributed by atoms with Gasteiger partial charge in [0, 0.05) is 24.3 Å². The van der Waals surface area contributed by atoms with Crippen LogP contribution in [0.5, 0.6) is 5.75 Å². The summed E-state index contributed by atoms with van der Waals surface area (Å²) in [7, 11) is 0. The van der Waals surface area contributed by atoms with Gasteiger partial charge >= 0.3 is 0 Å². The highest BCUT2D eigenvalue weighted by molar-refractivity contribution is 5.95. The summed E-state index contributed by atoms with van der Waals surface area (Å²) in [5.41, 5.74) is 0.260. The predicted octanol–water partition coefficient (Wildman–Crippen LogP) is 3.14. The first-order chi connectivity index (χ1) is 10.4. The molecule has 0 spiro atoms. The highest BCUT2D eigenvalue weighted by Crippen LogP contribution is 2.21. The molecular formula is C17H28N2O3. The van der Waals surface area contributed by atoms with Crippen LogP contribution in [0, 0.1) is 6.92 Å². The zero-order valence-electron chi connectivity index (χ0n) is 14.1. The molecule has 0 aliphatic heterocycles. The summed E-state index contributed by atoms with van der Waals surface area (Å²) >= 11 is 0. The van der Waals surface area contributed by atoms with Crippen LogP contribution in [-0.4, -0.2) is 22.1 Å². The van der Waals surface area contributed by atoms with Crippen molar-refractivity contribution in [2.75, 3.05) is 6.54 Å². The van der Waals surface area contributed by atoms with Crippen LogP contribution in [-0.2, 0) is 0 Å². The molecule has 1 amide bonds. The minimum Gasteiger partial charge on any atom is -0.503 e. The fourth-order valence-electron chi connectivity index (χ4n) is 2.54. The van der Waals surface area contributed by atoms with E-state index in [1.807, 2.05) is 13.8 Å². The number of nitrogens with one attached hydrogen (secondary N) is 1. The van der Waals surface area contributed by atoms with Gasteiger partial charge in [0.05, 0.1) is 0 Å². The third-order valence-corrected chi connectivity index (χ3v) is 3.98. The minimum absolute atomic E-state index is 0.0346. The van der Waals surface area contributed by atoms with Gasteiger partial charge in [-0.2, -0.15) is 0 Å². The molecule has 1 heterocycles. The topological polar surface area (TPSA) is 71.3 Å². The van der Waals surface area contributed by atoms with Gasteiger partial charge in [0.2, 0.25) is 5.43 Å². The Bertz CT molecular complexity index is 564. The van der Waals surface area contributed by atoms with Crippen molar-refractivity contribution in [2.45, 2.75) is 65.8 Å². The third kappa shape index (κ3) is 4.36. The number of hydrogen-bond acceptors (Lipinski definition) is 3. The molecule has 124 valence electrons. The van der Waals surface area contributed by atoms with Gasteiger partial charge in [0.15, 0.2) is 11.4 Å². The van der Waals surface area contributed by atoms with Crippen LogP contribution in [0.1, 0.15) is 75.1 Å². The van der Waals surface area contributed by atoms with E-state index in [4.69, 9.17) is 0 Å². The number of aryl methyl sites for hydroxylation is 1. The van der Waals surface area contributed by atoms with E-state index in [9.17, 15) is 14.7 Å². The number of carbonyl (C=O) groups is 1. The van der Waals surface area contributed by atoms with E-state index in [1.54, 1.807) is 11.5 Å². The lowest BCUT2D eigenvalue weighted by atomic mass is 10.1. The molecule has 5 heteroatoms. The average molecular weight is 308 g/mol. The van der Waals surface area contributed by atoms with Gasteiger partial charge in [-0.1, -0.05) is 33.1 Å². The number of aromatic nitrogens is 1. The Hall–Kier alpha value is -1.78. The van der Waals surface area contributed by atoms with Crippen LogP contribution in [0.2, 0.25) is 0 Å². The van der Waals surface area contributed by atoms with Gasteiger partial charge < -0.3 is 15.0 Å². The number of aromatic hydroxyl groups is 1. The summed E-state index contributed by atoms with van der Waals surface area (Å²) in [6.45, 7) is 8.45. The van der Waals surface area contributed by atoms with Gasteiger partial charge in [0.25, 0.3) is 5.91 Å². The second kappa shape index (κ2) is 8.61. The van der Waals surface area contributed by atoms with Crippen molar-refractivity contribution in [3.63, 3.8) is 0 Å². The monoisotopic (exact) mass is 308 g/mol. The van der Waals surface area contributed by atoms with Crippen LogP contribution < -0.4 is 10.7 Å². The molecular weight excluding hydrogens is 280 g/mol. The maximum atomic E-state index is 12.4. The first kappa shape index (κ1) is 18.3. The molecule has 0 bridgehead atoms. The van der Waals surface area contributed by atoms with Gasteiger partial charge in [-0.25, -0.2) is 0 Å². The molecule has 0 saturated heterocycles. The molecule has 2 N–H and O–H groups in total. The maximum Gasteiger partial charge on any atom is 0.271 e. The van der Waals surface area contributed by atoms with Gasteiger partial charge in [-0.3, -0.25) is 9.59 Å². The summed E-state index contributed by atoms with van der Waals surface area (Å²) in [5, 5.41) is 12.9. The van der Waals surface area contributed by atoms with Crippen molar-refractivity contribution < 1.29 is 9.90 Å². The molecule has 0 aromatic carbocycles. The van der Waals surface area contributed by atoms with E-state index < -0.39 is 11.2 Å². The van der Waals surface area contributed by atoms with Crippen molar-refractivity contribution >= 4 is 5.91 Å². The van der Waals surface area contributed by atoms with E-state index in [2.05, 4.69) is 12.2 Å². The first-order valence-electron chi connectivity index (χ1n) is 8.17. The molecule has 0 aliphatic rings. The standard InChI is InChI=1S/C17H28N2O3/c1-5-7-8-9-10-18-17(22)15-16(21)14(20)11-13(4)19(15)12(3)6-2/h11-12,21H,5-10H2,1-4H3,(H,18,22). The molecule has 1 rings (SSSR count). The number of carbonyl (C=O) groups excluding carboxylic acids is 1.